The first kappa shape index (κ1) is 20.8. The zero-order valence-electron chi connectivity index (χ0n) is 17.2. The van der Waals surface area contributed by atoms with Crippen molar-refractivity contribution in [1.29, 1.82) is 5.26 Å². The fourth-order valence-electron chi connectivity index (χ4n) is 3.85. The molecule has 2 amide bonds. The second-order valence-corrected chi connectivity index (χ2v) is 8.41. The summed E-state index contributed by atoms with van der Waals surface area (Å²) in [5, 5.41) is 14.9. The Hall–Kier alpha value is -3.50. The molecule has 6 nitrogen and oxygen atoms in total. The Kier molecular flexibility index (Phi) is 6.10. The molecular formula is C24H22N4O2S. The van der Waals surface area contributed by atoms with Gasteiger partial charge in [-0.2, -0.15) is 5.26 Å². The van der Waals surface area contributed by atoms with Gasteiger partial charge in [-0.05, 0) is 37.5 Å². The van der Waals surface area contributed by atoms with Gasteiger partial charge in [-0.25, -0.2) is 4.98 Å². The molecule has 1 aliphatic rings. The number of aromatic nitrogens is 1. The highest BCUT2D eigenvalue weighted by Crippen LogP contribution is 2.29. The minimum absolute atomic E-state index is 0.0372. The van der Waals surface area contributed by atoms with Crippen molar-refractivity contribution >= 4 is 28.3 Å². The number of nitrogens with one attached hydrogen (secondary N) is 1. The van der Waals surface area contributed by atoms with Crippen LogP contribution >= 0.6 is 11.3 Å². The van der Waals surface area contributed by atoms with Gasteiger partial charge in [0.1, 0.15) is 0 Å². The van der Waals surface area contributed by atoms with Crippen molar-refractivity contribution in [3.8, 4) is 17.2 Å². The highest BCUT2D eigenvalue weighted by Gasteiger charge is 2.29. The first-order valence-corrected chi connectivity index (χ1v) is 11.1. The van der Waals surface area contributed by atoms with Crippen LogP contribution in [-0.2, 0) is 4.79 Å². The summed E-state index contributed by atoms with van der Waals surface area (Å²) >= 11 is 1.42. The van der Waals surface area contributed by atoms with Gasteiger partial charge in [0.05, 0.1) is 17.3 Å². The maximum Gasteiger partial charge on any atom is 0.254 e. The molecule has 0 spiro atoms. The molecule has 0 saturated carbocycles. The largest absolute Gasteiger partial charge is 0.339 e. The number of nitrogens with zero attached hydrogens (tertiary/aromatic N) is 3. The molecule has 1 N–H and O–H groups in total. The van der Waals surface area contributed by atoms with E-state index in [1.807, 2.05) is 48.7 Å². The van der Waals surface area contributed by atoms with Crippen molar-refractivity contribution in [3.05, 3.63) is 70.7 Å². The van der Waals surface area contributed by atoms with E-state index < -0.39 is 0 Å². The molecule has 2 aromatic carbocycles. The van der Waals surface area contributed by atoms with Crippen molar-refractivity contribution in [2.45, 2.75) is 19.8 Å². The summed E-state index contributed by atoms with van der Waals surface area (Å²) in [4.78, 5) is 31.9. The first-order chi connectivity index (χ1) is 15.1. The second kappa shape index (κ2) is 9.11. The highest BCUT2D eigenvalue weighted by atomic mass is 32.1. The van der Waals surface area contributed by atoms with Crippen LogP contribution in [0.15, 0.2) is 53.9 Å². The molecule has 1 aromatic heterocycles. The molecule has 1 aliphatic heterocycles. The minimum atomic E-state index is -0.136. The molecule has 1 fully saturated rings. The fraction of sp³-hybridized carbons (Fsp3) is 0.250. The molecule has 0 atom stereocenters. The van der Waals surface area contributed by atoms with Crippen LogP contribution in [0.2, 0.25) is 0 Å². The van der Waals surface area contributed by atoms with Gasteiger partial charge in [0, 0.05) is 35.5 Å². The summed E-state index contributed by atoms with van der Waals surface area (Å²) < 4.78 is 0. The van der Waals surface area contributed by atoms with Crippen LogP contribution < -0.4 is 5.32 Å². The van der Waals surface area contributed by atoms with Crippen LogP contribution in [0.3, 0.4) is 0 Å². The summed E-state index contributed by atoms with van der Waals surface area (Å²) in [5.41, 5.74) is 3.50. The standard InChI is InChI=1S/C24H22N4O2S/c1-16-15-31-24(26-16)27-22(29)17-10-12-28(13-11-17)23(30)21-9-5-4-8-20(21)19-7-3-2-6-18(19)14-25/h2-9,15,17H,10-13H2,1H3,(H,26,27,29). The Balaban J connectivity index is 1.46. The van der Waals surface area contributed by atoms with Gasteiger partial charge in [-0.15, -0.1) is 11.3 Å². The fourth-order valence-corrected chi connectivity index (χ4v) is 4.55. The number of anilines is 1. The number of carbonyl (C=O) groups is 2. The molecule has 156 valence electrons. The normalized spacial score (nSPS) is 14.1. The zero-order valence-corrected chi connectivity index (χ0v) is 18.0. The van der Waals surface area contributed by atoms with E-state index >= 15 is 0 Å². The molecule has 0 aliphatic carbocycles. The Bertz CT molecular complexity index is 1160. The number of rotatable bonds is 4. The lowest BCUT2D eigenvalue weighted by atomic mass is 9.93. The number of likely N-dealkylation sites (tertiary alicyclic amines) is 1. The number of hydrogen-bond donors (Lipinski definition) is 1. The molecule has 0 unspecified atom stereocenters. The smallest absolute Gasteiger partial charge is 0.254 e. The van der Waals surface area contributed by atoms with Gasteiger partial charge in [0.25, 0.3) is 5.91 Å². The van der Waals surface area contributed by atoms with E-state index in [1.54, 1.807) is 17.0 Å². The van der Waals surface area contributed by atoms with Gasteiger partial charge < -0.3 is 10.2 Å². The number of nitriles is 1. The van der Waals surface area contributed by atoms with Crippen LogP contribution in [0.5, 0.6) is 0 Å². The van der Waals surface area contributed by atoms with Gasteiger partial charge in [-0.1, -0.05) is 36.4 Å². The van der Waals surface area contributed by atoms with Crippen LogP contribution in [-0.4, -0.2) is 34.8 Å². The molecule has 3 aromatic rings. The van der Waals surface area contributed by atoms with Crippen LogP contribution in [0.1, 0.15) is 34.5 Å². The van der Waals surface area contributed by atoms with Crippen molar-refractivity contribution in [2.24, 2.45) is 5.92 Å². The SMILES string of the molecule is Cc1csc(NC(=O)C2CCN(C(=O)c3ccccc3-c3ccccc3C#N)CC2)n1. The number of carbonyl (C=O) groups excluding carboxylic acids is 2. The number of benzene rings is 2. The molecular weight excluding hydrogens is 408 g/mol. The Morgan fingerprint density at radius 3 is 2.45 bits per heavy atom. The summed E-state index contributed by atoms with van der Waals surface area (Å²) in [6.45, 7) is 2.92. The summed E-state index contributed by atoms with van der Waals surface area (Å²) in [5.74, 6) is -0.245. The predicted molar refractivity (Wildman–Crippen MR) is 121 cm³/mol. The maximum absolute atomic E-state index is 13.3. The summed E-state index contributed by atoms with van der Waals surface area (Å²) in [6, 6.07) is 16.9. The lowest BCUT2D eigenvalue weighted by molar-refractivity contribution is -0.121. The third-order valence-corrected chi connectivity index (χ3v) is 6.37. The van der Waals surface area contributed by atoms with Gasteiger partial charge >= 0.3 is 0 Å². The number of amides is 2. The third kappa shape index (κ3) is 4.49. The molecule has 0 bridgehead atoms. The van der Waals surface area contributed by atoms with Gasteiger partial charge in [0.15, 0.2) is 5.13 Å². The topological polar surface area (TPSA) is 86.1 Å². The van der Waals surface area contributed by atoms with Crippen molar-refractivity contribution in [1.82, 2.24) is 9.88 Å². The van der Waals surface area contributed by atoms with Crippen LogP contribution in [0.4, 0.5) is 5.13 Å². The average Bonchev–Trinajstić information content (AvgIpc) is 3.23. The molecule has 1 saturated heterocycles. The number of thiazole rings is 1. The van der Waals surface area contributed by atoms with E-state index in [2.05, 4.69) is 16.4 Å². The van der Waals surface area contributed by atoms with Gasteiger partial charge in [0.2, 0.25) is 5.91 Å². The predicted octanol–water partition coefficient (Wildman–Crippen LogP) is 4.48. The monoisotopic (exact) mass is 430 g/mol. The zero-order chi connectivity index (χ0) is 21.8. The molecule has 31 heavy (non-hydrogen) atoms. The van der Waals surface area contributed by atoms with E-state index in [-0.39, 0.29) is 17.7 Å². The average molecular weight is 431 g/mol. The number of aryl methyl sites for hydroxylation is 1. The third-order valence-electron chi connectivity index (χ3n) is 5.50. The quantitative estimate of drug-likeness (QED) is 0.661. The lowest BCUT2D eigenvalue weighted by Gasteiger charge is -2.31. The molecule has 0 radical (unpaired) electrons. The maximum atomic E-state index is 13.3. The van der Waals surface area contributed by atoms with Crippen LogP contribution in [0.25, 0.3) is 11.1 Å². The van der Waals surface area contributed by atoms with Crippen molar-refractivity contribution < 1.29 is 9.59 Å². The lowest BCUT2D eigenvalue weighted by Crippen LogP contribution is -2.41. The Morgan fingerprint density at radius 1 is 1.10 bits per heavy atom. The second-order valence-electron chi connectivity index (χ2n) is 7.55. The van der Waals surface area contributed by atoms with Crippen LogP contribution in [0, 0.1) is 24.2 Å². The van der Waals surface area contributed by atoms with Crippen molar-refractivity contribution in [3.63, 3.8) is 0 Å². The molecule has 2 heterocycles. The highest BCUT2D eigenvalue weighted by molar-refractivity contribution is 7.13. The Morgan fingerprint density at radius 2 is 1.77 bits per heavy atom. The molecule has 4 rings (SSSR count). The number of hydrogen-bond acceptors (Lipinski definition) is 5. The minimum Gasteiger partial charge on any atom is -0.339 e. The van der Waals surface area contributed by atoms with Crippen molar-refractivity contribution in [2.75, 3.05) is 18.4 Å². The first-order valence-electron chi connectivity index (χ1n) is 10.2. The summed E-state index contributed by atoms with van der Waals surface area (Å²) in [7, 11) is 0. The number of piperidine rings is 1. The van der Waals surface area contributed by atoms with E-state index in [9.17, 15) is 14.9 Å². The Labute approximate surface area is 185 Å². The van der Waals surface area contributed by atoms with Gasteiger partial charge in [-0.3, -0.25) is 9.59 Å². The van der Waals surface area contributed by atoms with E-state index in [1.165, 1.54) is 11.3 Å². The van der Waals surface area contributed by atoms with E-state index in [0.717, 1.165) is 16.8 Å². The summed E-state index contributed by atoms with van der Waals surface area (Å²) in [6.07, 6.45) is 1.22. The van der Waals surface area contributed by atoms with E-state index in [4.69, 9.17) is 0 Å². The van der Waals surface area contributed by atoms with E-state index in [0.29, 0.717) is 42.2 Å². The molecule has 7 heteroatoms.